The molecule has 2 amide bonds. The highest BCUT2D eigenvalue weighted by Gasteiger charge is 2.25. The molecule has 1 aromatic heterocycles. The molecule has 3 rings (SSSR count). The van der Waals surface area contributed by atoms with E-state index in [2.05, 4.69) is 16.5 Å². The van der Waals surface area contributed by atoms with Gasteiger partial charge in [0.25, 0.3) is 5.91 Å². The van der Waals surface area contributed by atoms with Gasteiger partial charge in [-0.2, -0.15) is 10.4 Å². The van der Waals surface area contributed by atoms with Gasteiger partial charge in [-0.05, 0) is 19.1 Å². The van der Waals surface area contributed by atoms with Crippen LogP contribution >= 0.6 is 0 Å². The molecule has 0 fully saturated rings. The van der Waals surface area contributed by atoms with E-state index in [-0.39, 0.29) is 31.4 Å². The van der Waals surface area contributed by atoms with Crippen molar-refractivity contribution in [3.8, 4) is 11.8 Å². The maximum absolute atomic E-state index is 12.3. The first-order valence-electron chi connectivity index (χ1n) is 8.32. The number of nitriles is 1. The highest BCUT2D eigenvalue weighted by Crippen LogP contribution is 2.31. The maximum atomic E-state index is 12.3. The Bertz CT molecular complexity index is 868. The van der Waals surface area contributed by atoms with E-state index in [4.69, 9.17) is 10.00 Å². The largest absolute Gasteiger partial charge is 0.482 e. The molecule has 1 aliphatic rings. The van der Waals surface area contributed by atoms with Crippen LogP contribution in [-0.2, 0) is 16.1 Å². The molecule has 0 spiro atoms. The number of aryl methyl sites for hydroxylation is 2. The molecule has 8 heteroatoms. The van der Waals surface area contributed by atoms with Crippen molar-refractivity contribution < 1.29 is 14.3 Å². The van der Waals surface area contributed by atoms with Crippen molar-refractivity contribution in [3.05, 3.63) is 36.0 Å². The quantitative estimate of drug-likeness (QED) is 0.854. The zero-order valence-electron chi connectivity index (χ0n) is 14.4. The number of rotatable bonds is 6. The summed E-state index contributed by atoms with van der Waals surface area (Å²) in [6, 6.07) is 11.1. The van der Waals surface area contributed by atoms with Crippen LogP contribution in [0.5, 0.6) is 5.75 Å². The number of benzene rings is 1. The fraction of sp³-hybridized carbons (Fsp3) is 0.333. The third-order valence-corrected chi connectivity index (χ3v) is 3.98. The van der Waals surface area contributed by atoms with Crippen molar-refractivity contribution >= 4 is 23.3 Å². The van der Waals surface area contributed by atoms with E-state index in [9.17, 15) is 9.59 Å². The lowest BCUT2D eigenvalue weighted by Crippen LogP contribution is -2.40. The number of amides is 2. The zero-order valence-corrected chi connectivity index (χ0v) is 14.4. The van der Waals surface area contributed by atoms with Crippen LogP contribution in [0, 0.1) is 18.3 Å². The lowest BCUT2D eigenvalue weighted by Gasteiger charge is -2.29. The summed E-state index contributed by atoms with van der Waals surface area (Å²) >= 11 is 0. The second-order valence-corrected chi connectivity index (χ2v) is 5.90. The summed E-state index contributed by atoms with van der Waals surface area (Å²) in [4.78, 5) is 26.0. The number of nitrogens with zero attached hydrogens (tertiary/aromatic N) is 4. The van der Waals surface area contributed by atoms with Gasteiger partial charge in [0.05, 0.1) is 30.4 Å². The van der Waals surface area contributed by atoms with Gasteiger partial charge >= 0.3 is 0 Å². The average molecular weight is 353 g/mol. The number of hydrogen-bond acceptors (Lipinski definition) is 5. The number of hydrogen-bond donors (Lipinski definition) is 1. The van der Waals surface area contributed by atoms with Crippen molar-refractivity contribution in [2.75, 3.05) is 23.4 Å². The van der Waals surface area contributed by atoms with E-state index >= 15 is 0 Å². The third-order valence-electron chi connectivity index (χ3n) is 3.98. The normalized spacial score (nSPS) is 12.9. The Labute approximate surface area is 151 Å². The molecule has 0 unspecified atom stereocenters. The summed E-state index contributed by atoms with van der Waals surface area (Å²) in [6.45, 7) is 2.46. The molecule has 0 aliphatic carbocycles. The highest BCUT2D eigenvalue weighted by molar-refractivity contribution is 5.99. The lowest BCUT2D eigenvalue weighted by atomic mass is 10.2. The number of carbonyl (C=O) groups excluding carboxylic acids is 2. The van der Waals surface area contributed by atoms with Crippen molar-refractivity contribution in [3.63, 3.8) is 0 Å². The van der Waals surface area contributed by atoms with Gasteiger partial charge in [0.15, 0.2) is 6.61 Å². The molecule has 8 nitrogen and oxygen atoms in total. The molecule has 0 atom stereocenters. The molecule has 0 saturated carbocycles. The minimum Gasteiger partial charge on any atom is -0.482 e. The summed E-state index contributed by atoms with van der Waals surface area (Å²) < 4.78 is 7.00. The van der Waals surface area contributed by atoms with Gasteiger partial charge in [0, 0.05) is 19.0 Å². The number of anilines is 2. The van der Waals surface area contributed by atoms with Crippen LogP contribution in [0.15, 0.2) is 30.3 Å². The SMILES string of the molecule is Cc1cc(NC(=O)CCN2C(=O)COc3ccccc32)n(CCC#N)n1. The van der Waals surface area contributed by atoms with Crippen LogP contribution in [0.1, 0.15) is 18.5 Å². The lowest BCUT2D eigenvalue weighted by molar-refractivity contribution is -0.121. The van der Waals surface area contributed by atoms with E-state index in [1.807, 2.05) is 19.1 Å². The molecule has 1 aromatic carbocycles. The second-order valence-electron chi connectivity index (χ2n) is 5.90. The van der Waals surface area contributed by atoms with E-state index in [1.54, 1.807) is 27.8 Å². The van der Waals surface area contributed by atoms with Crippen molar-refractivity contribution in [2.24, 2.45) is 0 Å². The predicted molar refractivity (Wildman–Crippen MR) is 94.7 cm³/mol. The summed E-state index contributed by atoms with van der Waals surface area (Å²) in [5.74, 6) is 0.792. The maximum Gasteiger partial charge on any atom is 0.265 e. The summed E-state index contributed by atoms with van der Waals surface area (Å²) in [5.41, 5.74) is 1.43. The molecular formula is C18H19N5O3. The minimum atomic E-state index is -0.222. The molecule has 134 valence electrons. The average Bonchev–Trinajstić information content (AvgIpc) is 2.98. The van der Waals surface area contributed by atoms with Gasteiger partial charge in [-0.25, -0.2) is 4.68 Å². The molecule has 2 aromatic rings. The standard InChI is InChI=1S/C18H19N5O3/c1-13-11-16(23(21-13)9-4-8-19)20-17(24)7-10-22-14-5-2-3-6-15(14)26-12-18(22)25/h2-3,5-6,11H,4,7,9-10,12H2,1H3,(H,20,24). The Morgan fingerprint density at radius 1 is 1.38 bits per heavy atom. The molecule has 0 bridgehead atoms. The van der Waals surface area contributed by atoms with E-state index < -0.39 is 0 Å². The highest BCUT2D eigenvalue weighted by atomic mass is 16.5. The number of nitrogens with one attached hydrogen (secondary N) is 1. The fourth-order valence-electron chi connectivity index (χ4n) is 2.79. The second kappa shape index (κ2) is 7.70. The summed E-state index contributed by atoms with van der Waals surface area (Å²) in [5, 5.41) is 15.8. The smallest absolute Gasteiger partial charge is 0.265 e. The molecule has 1 aliphatic heterocycles. The monoisotopic (exact) mass is 353 g/mol. The number of carbonyl (C=O) groups is 2. The Balaban J connectivity index is 1.63. The topological polar surface area (TPSA) is 100 Å². The van der Waals surface area contributed by atoms with Crippen molar-refractivity contribution in [1.29, 1.82) is 5.26 Å². The first kappa shape index (κ1) is 17.5. The van der Waals surface area contributed by atoms with E-state index in [1.165, 1.54) is 0 Å². The molecule has 2 heterocycles. The summed E-state index contributed by atoms with van der Waals surface area (Å²) in [6.07, 6.45) is 0.450. The number of aromatic nitrogens is 2. The summed E-state index contributed by atoms with van der Waals surface area (Å²) in [7, 11) is 0. The fourth-order valence-corrected chi connectivity index (χ4v) is 2.79. The van der Waals surface area contributed by atoms with Crippen molar-refractivity contribution in [1.82, 2.24) is 9.78 Å². The molecule has 0 radical (unpaired) electrons. The number of fused-ring (bicyclic) bond motifs is 1. The van der Waals surface area contributed by atoms with Crippen LogP contribution in [-0.4, -0.2) is 34.7 Å². The van der Waals surface area contributed by atoms with Gasteiger partial charge in [-0.15, -0.1) is 0 Å². The Hall–Kier alpha value is -3.34. The van der Waals surface area contributed by atoms with Crippen LogP contribution in [0.3, 0.4) is 0 Å². The Morgan fingerprint density at radius 3 is 3.00 bits per heavy atom. The molecule has 0 saturated heterocycles. The Morgan fingerprint density at radius 2 is 2.19 bits per heavy atom. The first-order valence-corrected chi connectivity index (χ1v) is 8.32. The van der Waals surface area contributed by atoms with Gasteiger partial charge < -0.3 is 15.0 Å². The Kier molecular flexibility index (Phi) is 5.17. The van der Waals surface area contributed by atoms with E-state index in [0.29, 0.717) is 30.2 Å². The minimum absolute atomic E-state index is 0.0290. The van der Waals surface area contributed by atoms with Crippen molar-refractivity contribution in [2.45, 2.75) is 26.3 Å². The van der Waals surface area contributed by atoms with Crippen LogP contribution < -0.4 is 15.0 Å². The first-order chi connectivity index (χ1) is 12.6. The van der Waals surface area contributed by atoms with Gasteiger partial charge in [0.2, 0.25) is 5.91 Å². The van der Waals surface area contributed by atoms with Gasteiger partial charge in [-0.1, -0.05) is 12.1 Å². The van der Waals surface area contributed by atoms with Crippen LogP contribution in [0.2, 0.25) is 0 Å². The number of ether oxygens (including phenoxy) is 1. The molecule has 26 heavy (non-hydrogen) atoms. The van der Waals surface area contributed by atoms with Gasteiger partial charge in [-0.3, -0.25) is 9.59 Å². The third kappa shape index (κ3) is 3.83. The predicted octanol–water partition coefficient (Wildman–Crippen LogP) is 1.86. The van der Waals surface area contributed by atoms with Gasteiger partial charge in [0.1, 0.15) is 11.6 Å². The van der Waals surface area contributed by atoms with Crippen LogP contribution in [0.25, 0.3) is 0 Å². The van der Waals surface area contributed by atoms with E-state index in [0.717, 1.165) is 5.69 Å². The molecule has 1 N–H and O–H groups in total. The van der Waals surface area contributed by atoms with Crippen LogP contribution in [0.4, 0.5) is 11.5 Å². The zero-order chi connectivity index (χ0) is 18.5. The number of para-hydroxylation sites is 2. The molecular weight excluding hydrogens is 334 g/mol.